The van der Waals surface area contributed by atoms with Gasteiger partial charge in [0.1, 0.15) is 6.17 Å². The number of nitrogens with one attached hydrogen (secondary N) is 2. The summed E-state index contributed by atoms with van der Waals surface area (Å²) in [5, 5.41) is 10.4. The van der Waals surface area contributed by atoms with Crippen LogP contribution in [0.4, 0.5) is 5.69 Å². The predicted molar refractivity (Wildman–Crippen MR) is 131 cm³/mol. The quantitative estimate of drug-likeness (QED) is 0.286. The molecule has 4 aromatic rings. The first kappa shape index (κ1) is 20.3. The summed E-state index contributed by atoms with van der Waals surface area (Å²) in [6, 6.07) is 38.5. The Morgan fingerprint density at radius 1 is 0.567 bits per heavy atom. The molecule has 0 saturated heterocycles. The molecule has 0 aliphatic carbocycles. The average Bonchev–Trinajstić information content (AvgIpc) is 2.80. The van der Waals surface area contributed by atoms with E-state index in [2.05, 4.69) is 133 Å². The van der Waals surface area contributed by atoms with E-state index in [-0.39, 0.29) is 6.17 Å². The number of rotatable bonds is 7. The second-order valence-corrected chi connectivity index (χ2v) is 9.35. The van der Waals surface area contributed by atoms with Crippen LogP contribution in [0.1, 0.15) is 22.9 Å². The number of hydrogen-bond donors (Lipinski definition) is 2. The van der Waals surface area contributed by atoms with Gasteiger partial charge in [0.15, 0.2) is 0 Å². The van der Waals surface area contributed by atoms with E-state index >= 15 is 0 Å². The van der Waals surface area contributed by atoms with Crippen molar-refractivity contribution in [3.05, 3.63) is 126 Å². The van der Waals surface area contributed by atoms with Crippen molar-refractivity contribution in [2.75, 3.05) is 5.32 Å². The summed E-state index contributed by atoms with van der Waals surface area (Å²) < 4.78 is 0. The minimum Gasteiger partial charge on any atom is -0.365 e. The fourth-order valence-electron chi connectivity index (χ4n) is 3.60. The molecule has 4 aromatic carbocycles. The minimum atomic E-state index is -0.742. The van der Waals surface area contributed by atoms with Crippen LogP contribution in [0, 0.1) is 13.8 Å². The topological polar surface area (TPSA) is 24.1 Å². The molecule has 0 saturated carbocycles. The van der Waals surface area contributed by atoms with Gasteiger partial charge in [-0.2, -0.15) is 0 Å². The van der Waals surface area contributed by atoms with Crippen molar-refractivity contribution in [2.24, 2.45) is 0 Å². The van der Waals surface area contributed by atoms with Gasteiger partial charge in [-0.15, -0.1) is 0 Å². The van der Waals surface area contributed by atoms with Crippen LogP contribution in [0.2, 0.25) is 0 Å². The van der Waals surface area contributed by atoms with Gasteiger partial charge in [-0.3, -0.25) is 5.09 Å². The van der Waals surface area contributed by atoms with E-state index in [1.165, 1.54) is 33.0 Å². The van der Waals surface area contributed by atoms with Crippen molar-refractivity contribution in [1.29, 1.82) is 0 Å². The largest absolute Gasteiger partial charge is 0.365 e. The maximum absolute atomic E-state index is 3.96. The molecule has 0 spiro atoms. The van der Waals surface area contributed by atoms with E-state index in [0.717, 1.165) is 0 Å². The molecule has 4 rings (SSSR count). The third kappa shape index (κ3) is 4.79. The molecule has 2 nitrogen and oxygen atoms in total. The van der Waals surface area contributed by atoms with E-state index < -0.39 is 8.07 Å². The highest BCUT2D eigenvalue weighted by molar-refractivity contribution is 7.71. The summed E-state index contributed by atoms with van der Waals surface area (Å²) in [7, 11) is -0.742. The molecule has 3 heteroatoms. The van der Waals surface area contributed by atoms with Crippen molar-refractivity contribution < 1.29 is 0 Å². The Labute approximate surface area is 180 Å². The van der Waals surface area contributed by atoms with Gasteiger partial charge >= 0.3 is 0 Å². The van der Waals surface area contributed by atoms with Crippen LogP contribution >= 0.6 is 8.07 Å². The van der Waals surface area contributed by atoms with Gasteiger partial charge in [0.2, 0.25) is 0 Å². The molecule has 0 bridgehead atoms. The third-order valence-electron chi connectivity index (χ3n) is 5.19. The van der Waals surface area contributed by atoms with Gasteiger partial charge in [0.05, 0.1) is 0 Å². The Morgan fingerprint density at radius 2 is 1.03 bits per heavy atom. The van der Waals surface area contributed by atoms with Gasteiger partial charge < -0.3 is 5.32 Å². The normalized spacial score (nSPS) is 12.0. The van der Waals surface area contributed by atoms with E-state index in [9.17, 15) is 0 Å². The Morgan fingerprint density at radius 3 is 1.53 bits per heavy atom. The minimum absolute atomic E-state index is 0.0162. The van der Waals surface area contributed by atoms with Gasteiger partial charge in [-0.25, -0.2) is 0 Å². The SMILES string of the molecule is Cc1cccc(C)c1NC(NP(c1ccccc1)c1ccccc1)c1ccccc1. The molecule has 150 valence electrons. The molecule has 0 aliphatic heterocycles. The first-order chi connectivity index (χ1) is 14.7. The molecule has 0 aliphatic rings. The van der Waals surface area contributed by atoms with Gasteiger partial charge in [-0.1, -0.05) is 109 Å². The second-order valence-electron chi connectivity index (χ2n) is 7.39. The van der Waals surface area contributed by atoms with Gasteiger partial charge in [0, 0.05) is 13.8 Å². The van der Waals surface area contributed by atoms with Crippen LogP contribution in [-0.4, -0.2) is 0 Å². The first-order valence-corrected chi connectivity index (χ1v) is 11.6. The molecule has 1 unspecified atom stereocenters. The highest BCUT2D eigenvalue weighted by Crippen LogP contribution is 2.34. The Kier molecular flexibility index (Phi) is 6.59. The molecule has 0 radical (unpaired) electrons. The number of hydrogen-bond acceptors (Lipinski definition) is 2. The van der Waals surface area contributed by atoms with Gasteiger partial charge in [-0.05, 0) is 41.1 Å². The zero-order valence-electron chi connectivity index (χ0n) is 17.4. The summed E-state index contributed by atoms with van der Waals surface area (Å²) in [4.78, 5) is 0. The zero-order chi connectivity index (χ0) is 20.8. The van der Waals surface area contributed by atoms with Crippen molar-refractivity contribution in [1.82, 2.24) is 5.09 Å². The van der Waals surface area contributed by atoms with Crippen LogP contribution in [-0.2, 0) is 0 Å². The summed E-state index contributed by atoms with van der Waals surface area (Å²) in [5.74, 6) is 0. The van der Waals surface area contributed by atoms with Crippen LogP contribution in [0.15, 0.2) is 109 Å². The number of aryl methyl sites for hydroxylation is 2. The summed E-state index contributed by atoms with van der Waals surface area (Å²) in [6.45, 7) is 4.32. The molecule has 2 N–H and O–H groups in total. The highest BCUT2D eigenvalue weighted by Gasteiger charge is 2.21. The lowest BCUT2D eigenvalue weighted by Gasteiger charge is -2.29. The standard InChI is InChI=1S/C27H27N2P/c1-21-13-12-14-22(2)26(21)28-27(23-15-6-3-7-16-23)29-30(24-17-8-4-9-18-24)25-19-10-5-11-20-25/h3-20,27-29H,1-2H3. The van der Waals surface area contributed by atoms with Crippen molar-refractivity contribution in [2.45, 2.75) is 20.0 Å². The number of benzene rings is 4. The van der Waals surface area contributed by atoms with E-state index in [1.54, 1.807) is 0 Å². The van der Waals surface area contributed by atoms with Crippen LogP contribution in [0.5, 0.6) is 0 Å². The number of para-hydroxylation sites is 1. The molecular weight excluding hydrogens is 383 g/mol. The fraction of sp³-hybridized carbons (Fsp3) is 0.111. The third-order valence-corrected chi connectivity index (χ3v) is 7.34. The van der Waals surface area contributed by atoms with Crippen LogP contribution in [0.3, 0.4) is 0 Å². The van der Waals surface area contributed by atoms with Crippen molar-refractivity contribution in [3.63, 3.8) is 0 Å². The smallest absolute Gasteiger partial charge is 0.107 e. The van der Waals surface area contributed by atoms with Crippen LogP contribution in [0.25, 0.3) is 0 Å². The van der Waals surface area contributed by atoms with Crippen molar-refractivity contribution in [3.8, 4) is 0 Å². The van der Waals surface area contributed by atoms with Gasteiger partial charge in [0.25, 0.3) is 0 Å². The molecule has 0 aromatic heterocycles. The van der Waals surface area contributed by atoms with E-state index in [4.69, 9.17) is 0 Å². The Bertz CT molecular complexity index is 1010. The second kappa shape index (κ2) is 9.71. The summed E-state index contributed by atoms with van der Waals surface area (Å²) in [6.07, 6.45) is -0.0162. The summed E-state index contributed by atoms with van der Waals surface area (Å²) >= 11 is 0. The highest BCUT2D eigenvalue weighted by atomic mass is 31.1. The molecule has 0 heterocycles. The lowest BCUT2D eigenvalue weighted by atomic mass is 10.1. The fourth-order valence-corrected chi connectivity index (χ4v) is 5.61. The predicted octanol–water partition coefficient (Wildman–Crippen LogP) is 6.05. The lowest BCUT2D eigenvalue weighted by Crippen LogP contribution is -2.31. The molecule has 0 amide bonds. The summed E-state index contributed by atoms with van der Waals surface area (Å²) in [5.41, 5.74) is 4.91. The average molecular weight is 411 g/mol. The van der Waals surface area contributed by atoms with Crippen molar-refractivity contribution >= 4 is 24.4 Å². The molecule has 30 heavy (non-hydrogen) atoms. The molecular formula is C27H27N2P. The van der Waals surface area contributed by atoms with Crippen LogP contribution < -0.4 is 21.0 Å². The Hall–Kier alpha value is -2.93. The van der Waals surface area contributed by atoms with E-state index in [0.29, 0.717) is 0 Å². The zero-order valence-corrected chi connectivity index (χ0v) is 18.3. The number of anilines is 1. The first-order valence-electron chi connectivity index (χ1n) is 10.3. The van der Waals surface area contributed by atoms with E-state index in [1.807, 2.05) is 0 Å². The Balaban J connectivity index is 1.74. The maximum atomic E-state index is 3.96. The molecule has 1 atom stereocenters. The monoisotopic (exact) mass is 410 g/mol. The lowest BCUT2D eigenvalue weighted by molar-refractivity contribution is 0.763. The molecule has 0 fully saturated rings. The maximum Gasteiger partial charge on any atom is 0.107 e.